The van der Waals surface area contributed by atoms with Crippen LogP contribution in [-0.4, -0.2) is 45.1 Å². The van der Waals surface area contributed by atoms with Crippen LogP contribution in [0.15, 0.2) is 30.3 Å². The molecule has 6 heteroatoms. The molecule has 0 saturated carbocycles. The van der Waals surface area contributed by atoms with Crippen LogP contribution < -0.4 is 10.2 Å². The van der Waals surface area contributed by atoms with Gasteiger partial charge in [-0.2, -0.15) is 13.2 Å². The van der Waals surface area contributed by atoms with Gasteiger partial charge in [0.05, 0.1) is 6.61 Å². The number of hydrogen-bond donors (Lipinski definition) is 1. The number of benzene rings is 1. The molecule has 118 valence electrons. The molecule has 0 spiro atoms. The summed E-state index contributed by atoms with van der Waals surface area (Å²) in [4.78, 5) is 2.33. The van der Waals surface area contributed by atoms with E-state index in [2.05, 4.69) is 27.1 Å². The summed E-state index contributed by atoms with van der Waals surface area (Å²) in [7, 11) is 0. The van der Waals surface area contributed by atoms with E-state index in [1.165, 1.54) is 5.69 Å². The minimum atomic E-state index is -4.24. The summed E-state index contributed by atoms with van der Waals surface area (Å²) in [6.07, 6.45) is -2.25. The highest BCUT2D eigenvalue weighted by atomic mass is 19.4. The summed E-state index contributed by atoms with van der Waals surface area (Å²) in [6, 6.07) is 10.6. The standard InChI is InChI=1S/C15H21F3N2O/c16-15(17,18)12-21-11-8-19-13-6-9-20(10-7-13)14-4-2-1-3-5-14/h1-5,13,19H,6-12H2. The van der Waals surface area contributed by atoms with Crippen molar-refractivity contribution in [2.75, 3.05) is 37.7 Å². The number of nitrogens with zero attached hydrogens (tertiary/aromatic N) is 1. The van der Waals surface area contributed by atoms with Crippen molar-refractivity contribution in [2.24, 2.45) is 0 Å². The van der Waals surface area contributed by atoms with Gasteiger partial charge in [-0.1, -0.05) is 18.2 Å². The Morgan fingerprint density at radius 2 is 1.81 bits per heavy atom. The summed E-state index contributed by atoms with van der Waals surface area (Å²) in [5.41, 5.74) is 1.23. The smallest absolute Gasteiger partial charge is 0.371 e. The molecule has 1 fully saturated rings. The van der Waals surface area contributed by atoms with Gasteiger partial charge in [-0.15, -0.1) is 0 Å². The number of halogens is 3. The third-order valence-electron chi connectivity index (χ3n) is 3.56. The van der Waals surface area contributed by atoms with Crippen molar-refractivity contribution in [1.82, 2.24) is 5.32 Å². The lowest BCUT2D eigenvalue weighted by Gasteiger charge is -2.34. The maximum absolute atomic E-state index is 11.9. The molecule has 0 radical (unpaired) electrons. The third-order valence-corrected chi connectivity index (χ3v) is 3.56. The van der Waals surface area contributed by atoms with E-state index in [0.29, 0.717) is 12.6 Å². The zero-order valence-corrected chi connectivity index (χ0v) is 11.9. The van der Waals surface area contributed by atoms with Crippen LogP contribution in [0.3, 0.4) is 0 Å². The molecule has 0 bridgehead atoms. The average molecular weight is 302 g/mol. The summed E-state index contributed by atoms with van der Waals surface area (Å²) < 4.78 is 40.3. The van der Waals surface area contributed by atoms with Gasteiger partial charge in [0.1, 0.15) is 6.61 Å². The highest BCUT2D eigenvalue weighted by Crippen LogP contribution is 2.19. The van der Waals surface area contributed by atoms with E-state index < -0.39 is 12.8 Å². The van der Waals surface area contributed by atoms with Crippen LogP contribution in [0.1, 0.15) is 12.8 Å². The first kappa shape index (κ1) is 16.1. The number of anilines is 1. The number of ether oxygens (including phenoxy) is 1. The lowest BCUT2D eigenvalue weighted by atomic mass is 10.0. The van der Waals surface area contributed by atoms with Crippen molar-refractivity contribution >= 4 is 5.69 Å². The molecule has 0 aromatic heterocycles. The van der Waals surface area contributed by atoms with Gasteiger partial charge in [0.2, 0.25) is 0 Å². The highest BCUT2D eigenvalue weighted by molar-refractivity contribution is 5.46. The van der Waals surface area contributed by atoms with Crippen LogP contribution in [0.25, 0.3) is 0 Å². The Bertz CT molecular complexity index is 403. The third kappa shape index (κ3) is 5.93. The van der Waals surface area contributed by atoms with E-state index >= 15 is 0 Å². The minimum Gasteiger partial charge on any atom is -0.371 e. The molecule has 1 aliphatic rings. The average Bonchev–Trinajstić information content (AvgIpc) is 2.47. The molecule has 1 heterocycles. The number of nitrogens with one attached hydrogen (secondary N) is 1. The van der Waals surface area contributed by atoms with Gasteiger partial charge in [-0.05, 0) is 25.0 Å². The monoisotopic (exact) mass is 302 g/mol. The molecule has 2 rings (SSSR count). The Balaban J connectivity index is 1.59. The minimum absolute atomic E-state index is 0.0956. The molecule has 1 N–H and O–H groups in total. The molecule has 3 nitrogen and oxygen atoms in total. The lowest BCUT2D eigenvalue weighted by molar-refractivity contribution is -0.173. The fourth-order valence-electron chi connectivity index (χ4n) is 2.50. The molecular formula is C15H21F3N2O. The maximum Gasteiger partial charge on any atom is 0.411 e. The van der Waals surface area contributed by atoms with E-state index in [1.807, 2.05) is 18.2 Å². The van der Waals surface area contributed by atoms with Crippen LogP contribution >= 0.6 is 0 Å². The van der Waals surface area contributed by atoms with Crippen molar-refractivity contribution < 1.29 is 17.9 Å². The largest absolute Gasteiger partial charge is 0.411 e. The van der Waals surface area contributed by atoms with E-state index in [0.717, 1.165) is 25.9 Å². The molecule has 1 aromatic rings. The second-order valence-corrected chi connectivity index (χ2v) is 5.22. The van der Waals surface area contributed by atoms with Gasteiger partial charge in [0, 0.05) is 31.4 Å². The Morgan fingerprint density at radius 3 is 2.43 bits per heavy atom. The molecular weight excluding hydrogens is 281 g/mol. The molecule has 21 heavy (non-hydrogen) atoms. The van der Waals surface area contributed by atoms with Crippen molar-refractivity contribution in [3.63, 3.8) is 0 Å². The topological polar surface area (TPSA) is 24.5 Å². The second kappa shape index (κ2) is 7.66. The highest BCUT2D eigenvalue weighted by Gasteiger charge is 2.27. The van der Waals surface area contributed by atoms with Gasteiger partial charge in [-0.25, -0.2) is 0 Å². The maximum atomic E-state index is 11.9. The number of piperidine rings is 1. The molecule has 1 aliphatic heterocycles. The van der Waals surface area contributed by atoms with E-state index in [-0.39, 0.29) is 6.61 Å². The van der Waals surface area contributed by atoms with Crippen LogP contribution in [0.5, 0.6) is 0 Å². The Hall–Kier alpha value is -1.27. The van der Waals surface area contributed by atoms with Crippen LogP contribution in [0.2, 0.25) is 0 Å². The fraction of sp³-hybridized carbons (Fsp3) is 0.600. The van der Waals surface area contributed by atoms with Gasteiger partial charge in [-0.3, -0.25) is 0 Å². The van der Waals surface area contributed by atoms with Crippen molar-refractivity contribution in [1.29, 1.82) is 0 Å². The van der Waals surface area contributed by atoms with Crippen LogP contribution in [-0.2, 0) is 4.74 Å². The zero-order chi connectivity index (χ0) is 15.1. The molecule has 1 aromatic carbocycles. The van der Waals surface area contributed by atoms with E-state index in [9.17, 15) is 13.2 Å². The molecule has 0 unspecified atom stereocenters. The predicted octanol–water partition coefficient (Wildman–Crippen LogP) is 2.82. The molecule has 0 amide bonds. The first-order valence-corrected chi connectivity index (χ1v) is 7.22. The van der Waals surface area contributed by atoms with E-state index in [4.69, 9.17) is 0 Å². The lowest BCUT2D eigenvalue weighted by Crippen LogP contribution is -2.43. The Morgan fingerprint density at radius 1 is 1.14 bits per heavy atom. The first-order valence-electron chi connectivity index (χ1n) is 7.22. The van der Waals surface area contributed by atoms with Gasteiger partial charge in [0.15, 0.2) is 0 Å². The predicted molar refractivity (Wildman–Crippen MR) is 76.6 cm³/mol. The SMILES string of the molecule is FC(F)(F)COCCNC1CCN(c2ccccc2)CC1. The van der Waals surface area contributed by atoms with Crippen molar-refractivity contribution in [3.05, 3.63) is 30.3 Å². The van der Waals surface area contributed by atoms with Gasteiger partial charge in [0.25, 0.3) is 0 Å². The zero-order valence-electron chi connectivity index (χ0n) is 11.9. The van der Waals surface area contributed by atoms with Gasteiger partial charge < -0.3 is 15.0 Å². The number of hydrogen-bond acceptors (Lipinski definition) is 3. The number of alkyl halides is 3. The first-order chi connectivity index (χ1) is 10.0. The second-order valence-electron chi connectivity index (χ2n) is 5.22. The summed E-state index contributed by atoms with van der Waals surface area (Å²) in [5, 5.41) is 3.26. The van der Waals surface area contributed by atoms with Crippen LogP contribution in [0, 0.1) is 0 Å². The van der Waals surface area contributed by atoms with Gasteiger partial charge >= 0.3 is 6.18 Å². The Kier molecular flexibility index (Phi) is 5.87. The Labute approximate surface area is 123 Å². The normalized spacial score (nSPS) is 17.2. The number of rotatable bonds is 6. The van der Waals surface area contributed by atoms with Crippen LogP contribution in [0.4, 0.5) is 18.9 Å². The van der Waals surface area contributed by atoms with Crippen molar-refractivity contribution in [3.8, 4) is 0 Å². The number of para-hydroxylation sites is 1. The molecule has 0 aliphatic carbocycles. The molecule has 1 saturated heterocycles. The molecule has 0 atom stereocenters. The summed E-state index contributed by atoms with van der Waals surface area (Å²) in [6.45, 7) is 1.32. The summed E-state index contributed by atoms with van der Waals surface area (Å²) in [5.74, 6) is 0. The van der Waals surface area contributed by atoms with E-state index in [1.54, 1.807) is 0 Å². The summed E-state index contributed by atoms with van der Waals surface area (Å²) >= 11 is 0. The van der Waals surface area contributed by atoms with Crippen molar-refractivity contribution in [2.45, 2.75) is 25.1 Å². The fourth-order valence-corrected chi connectivity index (χ4v) is 2.50. The quantitative estimate of drug-likeness (QED) is 0.818.